The van der Waals surface area contributed by atoms with Crippen molar-refractivity contribution in [3.8, 4) is 0 Å². The van der Waals surface area contributed by atoms with Crippen LogP contribution in [0.25, 0.3) is 0 Å². The van der Waals surface area contributed by atoms with Gasteiger partial charge in [0.15, 0.2) is 0 Å². The lowest BCUT2D eigenvalue weighted by molar-refractivity contribution is 0.0692. The number of sulfonamides is 1. The summed E-state index contributed by atoms with van der Waals surface area (Å²) in [5.41, 5.74) is -0.401. The molecule has 2 atom stereocenters. The lowest BCUT2D eigenvalue weighted by atomic mass is 9.95. The summed E-state index contributed by atoms with van der Waals surface area (Å²) >= 11 is 0. The molecule has 0 radical (unpaired) electrons. The Morgan fingerprint density at radius 2 is 2.05 bits per heavy atom. The minimum Gasteiger partial charge on any atom is -0.478 e. The fraction of sp³-hybridized carbons (Fsp3) is 0.500. The zero-order valence-corrected chi connectivity index (χ0v) is 12.7. The standard InChI is InChI=1S/C14H18FNO4S/c1-9-5-6-16(10(2)7-9)21(19,20)13-8-11(15)3-4-12(13)14(17)18/h3-4,8-10H,5-7H2,1-2H3,(H,17,18). The number of piperidine rings is 1. The minimum absolute atomic E-state index is 0.233. The first kappa shape index (κ1) is 15.9. The summed E-state index contributed by atoms with van der Waals surface area (Å²) in [6, 6.07) is 2.49. The highest BCUT2D eigenvalue weighted by molar-refractivity contribution is 7.89. The zero-order valence-electron chi connectivity index (χ0n) is 11.9. The third-order valence-electron chi connectivity index (χ3n) is 3.84. The second kappa shape index (κ2) is 5.73. The number of benzene rings is 1. The van der Waals surface area contributed by atoms with Gasteiger partial charge in [0.25, 0.3) is 0 Å². The largest absolute Gasteiger partial charge is 0.478 e. The van der Waals surface area contributed by atoms with Gasteiger partial charge in [0.1, 0.15) is 5.82 Å². The molecule has 1 aliphatic heterocycles. The second-order valence-corrected chi connectivity index (χ2v) is 7.40. The van der Waals surface area contributed by atoms with E-state index < -0.39 is 32.3 Å². The maximum atomic E-state index is 13.4. The van der Waals surface area contributed by atoms with Crippen molar-refractivity contribution in [2.75, 3.05) is 6.54 Å². The Labute approximate surface area is 123 Å². The fourth-order valence-corrected chi connectivity index (χ4v) is 4.61. The topological polar surface area (TPSA) is 74.7 Å². The predicted molar refractivity (Wildman–Crippen MR) is 75.1 cm³/mol. The molecule has 0 amide bonds. The highest BCUT2D eigenvalue weighted by atomic mass is 32.2. The number of hydrogen-bond donors (Lipinski definition) is 1. The number of rotatable bonds is 3. The molecule has 1 aromatic carbocycles. The van der Waals surface area contributed by atoms with Gasteiger partial charge in [0.05, 0.1) is 10.5 Å². The molecule has 1 heterocycles. The monoisotopic (exact) mass is 315 g/mol. The van der Waals surface area contributed by atoms with Crippen molar-refractivity contribution in [1.82, 2.24) is 4.31 Å². The number of carbonyl (C=O) groups is 1. The van der Waals surface area contributed by atoms with Gasteiger partial charge in [-0.15, -0.1) is 0 Å². The van der Waals surface area contributed by atoms with Crippen molar-refractivity contribution < 1.29 is 22.7 Å². The summed E-state index contributed by atoms with van der Waals surface area (Å²) < 4.78 is 40.0. The van der Waals surface area contributed by atoms with E-state index in [0.29, 0.717) is 25.3 Å². The second-order valence-electron chi connectivity index (χ2n) is 5.54. The third-order valence-corrected chi connectivity index (χ3v) is 5.89. The molecule has 1 fully saturated rings. The third kappa shape index (κ3) is 3.08. The lowest BCUT2D eigenvalue weighted by Gasteiger charge is -2.35. The van der Waals surface area contributed by atoms with Crippen molar-refractivity contribution in [2.24, 2.45) is 5.92 Å². The molecule has 1 aliphatic rings. The molecule has 1 aromatic rings. The van der Waals surface area contributed by atoms with E-state index in [1.807, 2.05) is 6.92 Å². The Bertz CT molecular complexity index is 659. The molecule has 0 aromatic heterocycles. The van der Waals surface area contributed by atoms with Gasteiger partial charge >= 0.3 is 5.97 Å². The molecule has 1 saturated heterocycles. The number of carboxylic acids is 1. The molecular weight excluding hydrogens is 297 g/mol. The summed E-state index contributed by atoms with van der Waals surface area (Å²) in [5.74, 6) is -1.74. The van der Waals surface area contributed by atoms with Crippen molar-refractivity contribution >= 4 is 16.0 Å². The predicted octanol–water partition coefficient (Wildman–Crippen LogP) is 2.33. The van der Waals surface area contributed by atoms with Crippen molar-refractivity contribution in [3.63, 3.8) is 0 Å². The SMILES string of the molecule is CC1CCN(S(=O)(=O)c2cc(F)ccc2C(=O)O)C(C)C1. The van der Waals surface area contributed by atoms with Gasteiger partial charge in [-0.3, -0.25) is 0 Å². The zero-order chi connectivity index (χ0) is 15.8. The van der Waals surface area contributed by atoms with Crippen LogP contribution in [0.2, 0.25) is 0 Å². The van der Waals surface area contributed by atoms with Gasteiger partial charge < -0.3 is 5.11 Å². The minimum atomic E-state index is -4.02. The van der Waals surface area contributed by atoms with E-state index in [2.05, 4.69) is 0 Å². The molecule has 21 heavy (non-hydrogen) atoms. The van der Waals surface area contributed by atoms with E-state index in [9.17, 15) is 17.6 Å². The quantitative estimate of drug-likeness (QED) is 0.929. The fourth-order valence-electron chi connectivity index (χ4n) is 2.76. The Kier molecular flexibility index (Phi) is 4.34. The highest BCUT2D eigenvalue weighted by Crippen LogP contribution is 2.30. The van der Waals surface area contributed by atoms with Gasteiger partial charge in [0.2, 0.25) is 10.0 Å². The van der Waals surface area contributed by atoms with Gasteiger partial charge in [-0.05, 0) is 43.9 Å². The Morgan fingerprint density at radius 3 is 2.62 bits per heavy atom. The maximum absolute atomic E-state index is 13.4. The van der Waals surface area contributed by atoms with Crippen LogP contribution in [0.1, 0.15) is 37.0 Å². The molecule has 0 bridgehead atoms. The Hall–Kier alpha value is -1.47. The van der Waals surface area contributed by atoms with Crippen LogP contribution >= 0.6 is 0 Å². The van der Waals surface area contributed by atoms with Gasteiger partial charge in [0, 0.05) is 12.6 Å². The van der Waals surface area contributed by atoms with Crippen LogP contribution in [0.5, 0.6) is 0 Å². The van der Waals surface area contributed by atoms with E-state index in [4.69, 9.17) is 5.11 Å². The first-order valence-electron chi connectivity index (χ1n) is 6.78. The molecule has 0 aliphatic carbocycles. The van der Waals surface area contributed by atoms with Crippen molar-refractivity contribution in [2.45, 2.75) is 37.6 Å². The average Bonchev–Trinajstić information content (AvgIpc) is 2.37. The van der Waals surface area contributed by atoms with Crippen LogP contribution < -0.4 is 0 Å². The summed E-state index contributed by atoms with van der Waals surface area (Å²) in [6.45, 7) is 4.15. The van der Waals surface area contributed by atoms with E-state index >= 15 is 0 Å². The normalized spacial score (nSPS) is 24.0. The van der Waals surface area contributed by atoms with Crippen LogP contribution in [-0.4, -0.2) is 36.4 Å². The Morgan fingerprint density at radius 1 is 1.38 bits per heavy atom. The summed E-state index contributed by atoms with van der Waals surface area (Å²) in [5, 5.41) is 9.12. The number of aromatic carboxylic acids is 1. The van der Waals surface area contributed by atoms with E-state index in [-0.39, 0.29) is 6.04 Å². The van der Waals surface area contributed by atoms with Crippen molar-refractivity contribution in [3.05, 3.63) is 29.6 Å². The van der Waals surface area contributed by atoms with E-state index in [1.54, 1.807) is 6.92 Å². The molecule has 0 saturated carbocycles. The molecule has 5 nitrogen and oxygen atoms in total. The highest BCUT2D eigenvalue weighted by Gasteiger charge is 2.35. The summed E-state index contributed by atoms with van der Waals surface area (Å²) in [6.07, 6.45) is 1.41. The molecule has 2 rings (SSSR count). The van der Waals surface area contributed by atoms with Gasteiger partial charge in [-0.1, -0.05) is 6.92 Å². The van der Waals surface area contributed by atoms with Crippen molar-refractivity contribution in [1.29, 1.82) is 0 Å². The molecule has 7 heteroatoms. The molecular formula is C14H18FNO4S. The smallest absolute Gasteiger partial charge is 0.337 e. The van der Waals surface area contributed by atoms with Crippen LogP contribution in [0, 0.1) is 11.7 Å². The number of halogens is 1. The first-order valence-corrected chi connectivity index (χ1v) is 8.22. The lowest BCUT2D eigenvalue weighted by Crippen LogP contribution is -2.44. The van der Waals surface area contributed by atoms with E-state index in [1.165, 1.54) is 4.31 Å². The number of carboxylic acid groups (broad SMARTS) is 1. The maximum Gasteiger partial charge on any atom is 0.337 e. The van der Waals surface area contributed by atoms with Gasteiger partial charge in [-0.2, -0.15) is 4.31 Å². The molecule has 0 spiro atoms. The number of nitrogens with zero attached hydrogens (tertiary/aromatic N) is 1. The van der Waals surface area contributed by atoms with Gasteiger partial charge in [-0.25, -0.2) is 17.6 Å². The summed E-state index contributed by atoms with van der Waals surface area (Å²) in [4.78, 5) is 10.7. The molecule has 2 unspecified atom stereocenters. The molecule has 116 valence electrons. The first-order chi connectivity index (χ1) is 9.73. The van der Waals surface area contributed by atoms with Crippen LogP contribution in [0.15, 0.2) is 23.1 Å². The van der Waals surface area contributed by atoms with Crippen LogP contribution in [0.3, 0.4) is 0 Å². The average molecular weight is 315 g/mol. The Balaban J connectivity index is 2.49. The van der Waals surface area contributed by atoms with E-state index in [0.717, 1.165) is 18.2 Å². The van der Waals surface area contributed by atoms with Crippen LogP contribution in [0.4, 0.5) is 4.39 Å². The number of hydrogen-bond acceptors (Lipinski definition) is 3. The van der Waals surface area contributed by atoms with Crippen LogP contribution in [-0.2, 0) is 10.0 Å². The molecule has 1 N–H and O–H groups in total. The summed E-state index contributed by atoms with van der Waals surface area (Å²) in [7, 11) is -4.02.